The topological polar surface area (TPSA) is 29.6 Å². The molecular formula is C13H23N3O+2. The van der Waals surface area contributed by atoms with Crippen LogP contribution in [0.4, 0.5) is 5.82 Å². The van der Waals surface area contributed by atoms with Gasteiger partial charge in [0.1, 0.15) is 13.1 Å². The summed E-state index contributed by atoms with van der Waals surface area (Å²) < 4.78 is 7.46. The van der Waals surface area contributed by atoms with Crippen LogP contribution in [0.15, 0.2) is 24.4 Å². The average Bonchev–Trinajstić information content (AvgIpc) is 2.38. The van der Waals surface area contributed by atoms with Crippen LogP contribution < -0.4 is 14.8 Å². The zero-order valence-corrected chi connectivity index (χ0v) is 10.6. The Bertz CT molecular complexity index is 337. The fourth-order valence-electron chi connectivity index (χ4n) is 2.17. The normalized spacial score (nSPS) is 17.0. The maximum absolute atomic E-state index is 5.35. The Morgan fingerprint density at radius 1 is 1.35 bits per heavy atom. The van der Waals surface area contributed by atoms with E-state index in [0.717, 1.165) is 19.8 Å². The van der Waals surface area contributed by atoms with E-state index in [0.29, 0.717) is 0 Å². The summed E-state index contributed by atoms with van der Waals surface area (Å²) in [5.74, 6) is 1.18. The standard InChI is InChI=1S/C13H21N3O/c1-15-7-3-2-5-13(15)14-6-4-8-16-9-11-17-12-10-16/h2-3,5,7H,4,6,8-12H2,1H3/p+2. The highest BCUT2D eigenvalue weighted by Crippen LogP contribution is 1.96. The van der Waals surface area contributed by atoms with Crippen LogP contribution in [0.2, 0.25) is 0 Å². The monoisotopic (exact) mass is 237 g/mol. The third kappa shape index (κ3) is 3.98. The third-order valence-corrected chi connectivity index (χ3v) is 3.27. The summed E-state index contributed by atoms with van der Waals surface area (Å²) in [5, 5.41) is 3.47. The fourth-order valence-corrected chi connectivity index (χ4v) is 2.17. The molecule has 1 fully saturated rings. The van der Waals surface area contributed by atoms with Gasteiger partial charge < -0.3 is 9.64 Å². The van der Waals surface area contributed by atoms with Gasteiger partial charge in [-0.15, -0.1) is 0 Å². The van der Waals surface area contributed by atoms with Crippen LogP contribution >= 0.6 is 0 Å². The van der Waals surface area contributed by atoms with Gasteiger partial charge in [0, 0.05) is 12.5 Å². The molecule has 0 aliphatic carbocycles. The predicted molar refractivity (Wildman–Crippen MR) is 67.1 cm³/mol. The molecule has 1 aliphatic rings. The van der Waals surface area contributed by atoms with E-state index >= 15 is 0 Å². The van der Waals surface area contributed by atoms with Crippen molar-refractivity contribution in [3.05, 3.63) is 24.4 Å². The molecule has 4 nitrogen and oxygen atoms in total. The minimum Gasteiger partial charge on any atom is -0.370 e. The zero-order valence-electron chi connectivity index (χ0n) is 10.6. The smallest absolute Gasteiger partial charge is 0.274 e. The molecule has 1 aromatic rings. The molecule has 1 aliphatic heterocycles. The number of anilines is 1. The first kappa shape index (κ1) is 12.3. The van der Waals surface area contributed by atoms with Crippen LogP contribution in [0.5, 0.6) is 0 Å². The average molecular weight is 237 g/mol. The quantitative estimate of drug-likeness (QED) is 0.520. The molecule has 94 valence electrons. The Balaban J connectivity index is 1.64. The zero-order chi connectivity index (χ0) is 11.9. The van der Waals surface area contributed by atoms with Crippen LogP contribution in [-0.2, 0) is 11.8 Å². The molecule has 0 radical (unpaired) electrons. The Hall–Kier alpha value is -1.13. The van der Waals surface area contributed by atoms with Gasteiger partial charge in [-0.25, -0.2) is 4.57 Å². The number of morpholine rings is 1. The number of hydrogen-bond acceptors (Lipinski definition) is 2. The first-order chi connectivity index (χ1) is 8.36. The second-order valence-corrected chi connectivity index (χ2v) is 4.59. The van der Waals surface area contributed by atoms with E-state index in [-0.39, 0.29) is 0 Å². The molecule has 0 amide bonds. The van der Waals surface area contributed by atoms with Gasteiger partial charge in [-0.05, 0) is 6.07 Å². The number of quaternary nitrogens is 1. The van der Waals surface area contributed by atoms with Gasteiger partial charge in [0.25, 0.3) is 5.82 Å². The SMILES string of the molecule is C[n+]1ccccc1NCCC[NH+]1CCOCC1. The molecule has 1 saturated heterocycles. The van der Waals surface area contributed by atoms with Crippen molar-refractivity contribution in [1.29, 1.82) is 0 Å². The molecular weight excluding hydrogens is 214 g/mol. The van der Waals surface area contributed by atoms with Crippen molar-refractivity contribution in [1.82, 2.24) is 0 Å². The molecule has 4 heteroatoms. The molecule has 1 aromatic heterocycles. The van der Waals surface area contributed by atoms with Crippen LogP contribution in [0.3, 0.4) is 0 Å². The van der Waals surface area contributed by atoms with Crippen molar-refractivity contribution in [3.63, 3.8) is 0 Å². The minimum absolute atomic E-state index is 0.927. The van der Waals surface area contributed by atoms with Crippen molar-refractivity contribution >= 4 is 5.82 Å². The Morgan fingerprint density at radius 3 is 2.94 bits per heavy atom. The highest BCUT2D eigenvalue weighted by atomic mass is 16.5. The van der Waals surface area contributed by atoms with Crippen LogP contribution in [0.1, 0.15) is 6.42 Å². The van der Waals surface area contributed by atoms with Gasteiger partial charge in [0.15, 0.2) is 0 Å². The highest BCUT2D eigenvalue weighted by molar-refractivity contribution is 5.26. The Morgan fingerprint density at radius 2 is 2.18 bits per heavy atom. The van der Waals surface area contributed by atoms with Gasteiger partial charge in [-0.3, -0.25) is 5.32 Å². The van der Waals surface area contributed by atoms with E-state index in [2.05, 4.69) is 35.3 Å². The molecule has 0 bridgehead atoms. The van der Waals surface area contributed by atoms with Crippen molar-refractivity contribution in [2.24, 2.45) is 7.05 Å². The lowest BCUT2D eigenvalue weighted by molar-refractivity contribution is -0.908. The lowest BCUT2D eigenvalue weighted by atomic mass is 10.3. The number of pyridine rings is 1. The summed E-state index contributed by atoms with van der Waals surface area (Å²) in [4.78, 5) is 1.68. The Labute approximate surface area is 103 Å². The summed E-state index contributed by atoms with van der Waals surface area (Å²) in [6.07, 6.45) is 3.28. The number of aryl methyl sites for hydroxylation is 1. The number of aromatic nitrogens is 1. The summed E-state index contributed by atoms with van der Waals surface area (Å²) >= 11 is 0. The van der Waals surface area contributed by atoms with E-state index in [9.17, 15) is 0 Å². The van der Waals surface area contributed by atoms with Crippen LogP contribution in [0.25, 0.3) is 0 Å². The molecule has 2 N–H and O–H groups in total. The summed E-state index contributed by atoms with van der Waals surface area (Å²) in [7, 11) is 2.07. The number of ether oxygens (including phenoxy) is 1. The second kappa shape index (κ2) is 6.57. The highest BCUT2D eigenvalue weighted by Gasteiger charge is 2.13. The van der Waals surface area contributed by atoms with E-state index in [1.54, 1.807) is 4.90 Å². The number of nitrogens with one attached hydrogen (secondary N) is 2. The van der Waals surface area contributed by atoms with E-state index in [1.165, 1.54) is 31.9 Å². The summed E-state index contributed by atoms with van der Waals surface area (Å²) in [6.45, 7) is 6.47. The molecule has 17 heavy (non-hydrogen) atoms. The molecule has 2 rings (SSSR count). The first-order valence-corrected chi connectivity index (χ1v) is 6.46. The lowest BCUT2D eigenvalue weighted by Crippen LogP contribution is -3.14. The molecule has 0 unspecified atom stereocenters. The molecule has 0 spiro atoms. The van der Waals surface area contributed by atoms with Crippen molar-refractivity contribution in [2.45, 2.75) is 6.42 Å². The number of nitrogens with zero attached hydrogens (tertiary/aromatic N) is 1. The summed E-state index contributed by atoms with van der Waals surface area (Å²) in [5.41, 5.74) is 0. The van der Waals surface area contributed by atoms with E-state index < -0.39 is 0 Å². The van der Waals surface area contributed by atoms with Crippen molar-refractivity contribution in [3.8, 4) is 0 Å². The van der Waals surface area contributed by atoms with Gasteiger partial charge in [0.05, 0.1) is 39.5 Å². The third-order valence-electron chi connectivity index (χ3n) is 3.27. The van der Waals surface area contributed by atoms with E-state index in [1.807, 2.05) is 6.07 Å². The number of rotatable bonds is 5. The van der Waals surface area contributed by atoms with Crippen LogP contribution in [-0.4, -0.2) is 39.4 Å². The molecule has 2 heterocycles. The second-order valence-electron chi connectivity index (χ2n) is 4.59. The van der Waals surface area contributed by atoms with Gasteiger partial charge in [0.2, 0.25) is 0 Å². The van der Waals surface area contributed by atoms with Gasteiger partial charge in [-0.2, -0.15) is 0 Å². The van der Waals surface area contributed by atoms with Crippen molar-refractivity contribution in [2.75, 3.05) is 44.7 Å². The fraction of sp³-hybridized carbons (Fsp3) is 0.615. The minimum atomic E-state index is 0.927. The van der Waals surface area contributed by atoms with Gasteiger partial charge in [-0.1, -0.05) is 6.07 Å². The van der Waals surface area contributed by atoms with E-state index in [4.69, 9.17) is 4.74 Å². The molecule has 0 saturated carbocycles. The lowest BCUT2D eigenvalue weighted by Gasteiger charge is -2.23. The van der Waals surface area contributed by atoms with Crippen molar-refractivity contribution < 1.29 is 14.2 Å². The largest absolute Gasteiger partial charge is 0.370 e. The van der Waals surface area contributed by atoms with Crippen LogP contribution in [0, 0.1) is 0 Å². The Kier molecular flexibility index (Phi) is 4.76. The predicted octanol–water partition coefficient (Wildman–Crippen LogP) is -0.772. The summed E-state index contributed by atoms with van der Waals surface area (Å²) in [6, 6.07) is 6.22. The maximum atomic E-state index is 5.35. The number of hydrogen-bond donors (Lipinski definition) is 2. The maximum Gasteiger partial charge on any atom is 0.274 e. The van der Waals surface area contributed by atoms with Gasteiger partial charge >= 0.3 is 0 Å². The first-order valence-electron chi connectivity index (χ1n) is 6.46. The molecule has 0 atom stereocenters. The molecule has 0 aromatic carbocycles.